The van der Waals surface area contributed by atoms with Crippen LogP contribution in [0.2, 0.25) is 0 Å². The second-order valence-corrected chi connectivity index (χ2v) is 6.04. The molecule has 1 aromatic rings. The van der Waals surface area contributed by atoms with Crippen LogP contribution in [-0.4, -0.2) is 42.2 Å². The van der Waals surface area contributed by atoms with Gasteiger partial charge in [0.15, 0.2) is 5.78 Å². The molecule has 0 saturated carbocycles. The van der Waals surface area contributed by atoms with E-state index >= 15 is 0 Å². The van der Waals surface area contributed by atoms with E-state index in [2.05, 4.69) is 10.6 Å². The number of benzene rings is 1. The van der Waals surface area contributed by atoms with E-state index in [0.29, 0.717) is 25.1 Å². The minimum Gasteiger partial charge on any atom is -0.484 e. The number of hydrogen-bond donors (Lipinski definition) is 3. The van der Waals surface area contributed by atoms with Crippen LogP contribution in [0.5, 0.6) is 5.75 Å². The summed E-state index contributed by atoms with van der Waals surface area (Å²) in [5, 5.41) is 15.2. The van der Waals surface area contributed by atoms with E-state index in [0.717, 1.165) is 11.4 Å². The van der Waals surface area contributed by atoms with Gasteiger partial charge in [-0.15, -0.1) is 0 Å². The fraction of sp³-hybridized carbons (Fsp3) is 0.562. The number of Topliss-reactive ketones (excluding diaryl/α,β-unsaturated/α-hetero) is 1. The highest BCUT2D eigenvalue weighted by molar-refractivity contribution is 6.01. The van der Waals surface area contributed by atoms with E-state index in [1.165, 1.54) is 0 Å². The molecule has 0 amide bonds. The zero-order valence-electron chi connectivity index (χ0n) is 12.9. The Hall–Kier alpha value is -1.59. The van der Waals surface area contributed by atoms with Crippen molar-refractivity contribution in [3.05, 3.63) is 23.8 Å². The van der Waals surface area contributed by atoms with Gasteiger partial charge in [0.05, 0.1) is 18.3 Å². The SMILES string of the molecule is CC(NCCCO)C(=O)c1ccc2c(c1)NCC(C)(C)O2. The lowest BCUT2D eigenvalue weighted by molar-refractivity contribution is 0.0949. The maximum absolute atomic E-state index is 12.4. The first-order chi connectivity index (χ1) is 9.93. The normalized spacial score (nSPS) is 17.3. The molecule has 5 heteroatoms. The van der Waals surface area contributed by atoms with Crippen molar-refractivity contribution in [2.75, 3.05) is 25.0 Å². The Morgan fingerprint density at radius 2 is 2.29 bits per heavy atom. The number of carbonyl (C=O) groups is 1. The number of anilines is 1. The van der Waals surface area contributed by atoms with Crippen LogP contribution in [-0.2, 0) is 0 Å². The van der Waals surface area contributed by atoms with Gasteiger partial charge in [0.2, 0.25) is 0 Å². The van der Waals surface area contributed by atoms with Crippen molar-refractivity contribution >= 4 is 11.5 Å². The molecule has 1 aliphatic rings. The Balaban J connectivity index is 2.06. The fourth-order valence-corrected chi connectivity index (χ4v) is 2.29. The number of hydrogen-bond acceptors (Lipinski definition) is 5. The molecule has 0 aliphatic carbocycles. The van der Waals surface area contributed by atoms with Gasteiger partial charge >= 0.3 is 0 Å². The Morgan fingerprint density at radius 3 is 3.00 bits per heavy atom. The van der Waals surface area contributed by atoms with Gasteiger partial charge < -0.3 is 20.5 Å². The molecule has 1 unspecified atom stereocenters. The van der Waals surface area contributed by atoms with Gasteiger partial charge in [-0.25, -0.2) is 0 Å². The predicted octanol–water partition coefficient (Wildman–Crippen LogP) is 1.81. The Labute approximate surface area is 125 Å². The highest BCUT2D eigenvalue weighted by Gasteiger charge is 2.27. The van der Waals surface area contributed by atoms with Gasteiger partial charge in [-0.2, -0.15) is 0 Å². The van der Waals surface area contributed by atoms with Crippen LogP contribution in [0.1, 0.15) is 37.6 Å². The van der Waals surface area contributed by atoms with Gasteiger partial charge in [-0.1, -0.05) is 0 Å². The molecule has 5 nitrogen and oxygen atoms in total. The first kappa shape index (κ1) is 15.8. The van der Waals surface area contributed by atoms with Gasteiger partial charge in [-0.05, 0) is 51.9 Å². The summed E-state index contributed by atoms with van der Waals surface area (Å²) in [5.74, 6) is 0.825. The molecule has 1 heterocycles. The summed E-state index contributed by atoms with van der Waals surface area (Å²) >= 11 is 0. The maximum atomic E-state index is 12.4. The zero-order chi connectivity index (χ0) is 15.5. The van der Waals surface area contributed by atoms with E-state index in [1.54, 1.807) is 6.07 Å². The van der Waals surface area contributed by atoms with E-state index in [1.807, 2.05) is 32.9 Å². The first-order valence-electron chi connectivity index (χ1n) is 7.38. The molecule has 116 valence electrons. The van der Waals surface area contributed by atoms with Crippen LogP contribution in [0.4, 0.5) is 5.69 Å². The summed E-state index contributed by atoms with van der Waals surface area (Å²) < 4.78 is 5.88. The van der Waals surface area contributed by atoms with Crippen LogP contribution >= 0.6 is 0 Å². The smallest absolute Gasteiger partial charge is 0.179 e. The minimum atomic E-state index is -0.268. The highest BCUT2D eigenvalue weighted by Crippen LogP contribution is 2.33. The van der Waals surface area contributed by atoms with Gasteiger partial charge in [0.1, 0.15) is 11.4 Å². The molecule has 3 N–H and O–H groups in total. The van der Waals surface area contributed by atoms with Gasteiger partial charge in [0, 0.05) is 12.2 Å². The number of aliphatic hydroxyl groups excluding tert-OH is 1. The number of nitrogens with one attached hydrogen (secondary N) is 2. The lowest BCUT2D eigenvalue weighted by Crippen LogP contribution is -2.40. The Bertz CT molecular complexity index is 514. The molecule has 0 spiro atoms. The average Bonchev–Trinajstić information content (AvgIpc) is 2.45. The highest BCUT2D eigenvalue weighted by atomic mass is 16.5. The molecule has 0 radical (unpaired) electrons. The first-order valence-corrected chi connectivity index (χ1v) is 7.38. The van der Waals surface area contributed by atoms with Crippen molar-refractivity contribution in [2.45, 2.75) is 38.8 Å². The molecule has 1 atom stereocenters. The molecular formula is C16H24N2O3. The molecule has 2 rings (SSSR count). The quantitative estimate of drug-likeness (QED) is 0.551. The molecule has 0 fully saturated rings. The molecule has 0 bridgehead atoms. The van der Waals surface area contributed by atoms with Crippen LogP contribution < -0.4 is 15.4 Å². The van der Waals surface area contributed by atoms with Gasteiger partial charge in [0.25, 0.3) is 0 Å². The molecule has 1 aliphatic heterocycles. The summed E-state index contributed by atoms with van der Waals surface area (Å²) in [6.07, 6.45) is 0.645. The van der Waals surface area contributed by atoms with Crippen LogP contribution in [0.15, 0.2) is 18.2 Å². The van der Waals surface area contributed by atoms with Gasteiger partial charge in [-0.3, -0.25) is 4.79 Å². The van der Waals surface area contributed by atoms with Crippen LogP contribution in [0, 0.1) is 0 Å². The summed E-state index contributed by atoms with van der Waals surface area (Å²) in [5.41, 5.74) is 1.29. The molecular weight excluding hydrogens is 268 g/mol. The fourth-order valence-electron chi connectivity index (χ4n) is 2.29. The molecule has 1 aromatic carbocycles. The van der Waals surface area contributed by atoms with Crippen molar-refractivity contribution < 1.29 is 14.6 Å². The van der Waals surface area contributed by atoms with E-state index in [-0.39, 0.29) is 24.0 Å². The van der Waals surface area contributed by atoms with Crippen LogP contribution in [0.25, 0.3) is 0 Å². The lowest BCUT2D eigenvalue weighted by Gasteiger charge is -2.33. The van der Waals surface area contributed by atoms with Crippen molar-refractivity contribution in [3.63, 3.8) is 0 Å². The third-order valence-electron chi connectivity index (χ3n) is 3.53. The Morgan fingerprint density at radius 1 is 1.52 bits per heavy atom. The summed E-state index contributed by atoms with van der Waals surface area (Å²) in [4.78, 5) is 12.4. The number of aliphatic hydroxyl groups is 1. The number of ketones is 1. The number of fused-ring (bicyclic) bond motifs is 1. The number of ether oxygens (including phenoxy) is 1. The maximum Gasteiger partial charge on any atom is 0.179 e. The van der Waals surface area contributed by atoms with E-state index in [4.69, 9.17) is 9.84 Å². The largest absolute Gasteiger partial charge is 0.484 e. The topological polar surface area (TPSA) is 70.6 Å². The number of carbonyl (C=O) groups excluding carboxylic acids is 1. The Kier molecular flexibility index (Phi) is 4.85. The summed E-state index contributed by atoms with van der Waals surface area (Å²) in [6.45, 7) is 7.35. The van der Waals surface area contributed by atoms with Crippen molar-refractivity contribution in [1.29, 1.82) is 0 Å². The zero-order valence-corrected chi connectivity index (χ0v) is 12.9. The monoisotopic (exact) mass is 292 g/mol. The molecule has 0 aromatic heterocycles. The summed E-state index contributed by atoms with van der Waals surface area (Å²) in [7, 11) is 0. The number of rotatable bonds is 6. The second kappa shape index (κ2) is 6.45. The van der Waals surface area contributed by atoms with Crippen molar-refractivity contribution in [3.8, 4) is 5.75 Å². The standard InChI is InChI=1S/C16H24N2O3/c1-11(17-7-4-8-19)15(20)12-5-6-14-13(9-12)18-10-16(2,3)21-14/h5-6,9,11,17-19H,4,7-8,10H2,1-3H3. The van der Waals surface area contributed by atoms with E-state index < -0.39 is 0 Å². The second-order valence-electron chi connectivity index (χ2n) is 6.04. The van der Waals surface area contributed by atoms with E-state index in [9.17, 15) is 4.79 Å². The third kappa shape index (κ3) is 3.95. The lowest BCUT2D eigenvalue weighted by atomic mass is 10.0. The molecule has 21 heavy (non-hydrogen) atoms. The predicted molar refractivity (Wildman–Crippen MR) is 83.1 cm³/mol. The third-order valence-corrected chi connectivity index (χ3v) is 3.53. The summed E-state index contributed by atoms with van der Waals surface area (Å²) in [6, 6.07) is 5.22. The molecule has 0 saturated heterocycles. The van der Waals surface area contributed by atoms with Crippen molar-refractivity contribution in [2.24, 2.45) is 0 Å². The average molecular weight is 292 g/mol. The van der Waals surface area contributed by atoms with Crippen molar-refractivity contribution in [1.82, 2.24) is 5.32 Å². The van der Waals surface area contributed by atoms with Crippen LogP contribution in [0.3, 0.4) is 0 Å². The minimum absolute atomic E-state index is 0.0439.